The van der Waals surface area contributed by atoms with Crippen molar-refractivity contribution in [1.29, 1.82) is 0 Å². The second-order valence-electron chi connectivity index (χ2n) is 3.84. The molecule has 0 aromatic heterocycles. The van der Waals surface area contributed by atoms with Gasteiger partial charge in [0.05, 0.1) is 5.92 Å². The van der Waals surface area contributed by atoms with Crippen LogP contribution in [0.1, 0.15) is 32.6 Å². The molecule has 0 atom stereocenters. The molecule has 1 saturated carbocycles. The van der Waals surface area contributed by atoms with Crippen molar-refractivity contribution in [2.45, 2.75) is 32.6 Å². The van der Waals surface area contributed by atoms with E-state index in [1.54, 1.807) is 0 Å². The average molecular weight is 306 g/mol. The van der Waals surface area contributed by atoms with Gasteiger partial charge in [0.25, 0.3) is 0 Å². The monoisotopic (exact) mass is 304 g/mol. The molecule has 1 aliphatic carbocycles. The Hall–Kier alpha value is -0.320. The van der Waals surface area contributed by atoms with Crippen molar-refractivity contribution in [1.82, 2.24) is 0 Å². The number of hydrogen-bond donors (Lipinski definition) is 1. The summed E-state index contributed by atoms with van der Waals surface area (Å²) in [7, 11) is 0. The van der Waals surface area contributed by atoms with Crippen molar-refractivity contribution in [3.05, 3.63) is 0 Å². The van der Waals surface area contributed by atoms with Crippen molar-refractivity contribution in [3.8, 4) is 0 Å². The summed E-state index contributed by atoms with van der Waals surface area (Å²) in [6, 6.07) is 0. The van der Waals surface area contributed by atoms with Crippen LogP contribution in [-0.4, -0.2) is 21.6 Å². The van der Waals surface area contributed by atoms with Crippen LogP contribution in [0.4, 0.5) is 0 Å². The second kappa shape index (κ2) is 9.68. The van der Waals surface area contributed by atoms with Crippen LogP contribution >= 0.6 is 35.6 Å². The van der Waals surface area contributed by atoms with Gasteiger partial charge >= 0.3 is 16.5 Å². The van der Waals surface area contributed by atoms with Gasteiger partial charge in [-0.25, -0.2) is 0 Å². The zero-order valence-corrected chi connectivity index (χ0v) is 11.6. The van der Waals surface area contributed by atoms with Crippen LogP contribution in [0.15, 0.2) is 0 Å². The average Bonchev–Trinajstić information content (AvgIpc) is 2.19. The summed E-state index contributed by atoms with van der Waals surface area (Å²) < 4.78 is 0. The van der Waals surface area contributed by atoms with Crippen molar-refractivity contribution in [3.63, 3.8) is 0 Å². The van der Waals surface area contributed by atoms with Crippen LogP contribution < -0.4 is 0 Å². The van der Waals surface area contributed by atoms with E-state index < -0.39 is 16.5 Å². The molecule has 0 heterocycles. The van der Waals surface area contributed by atoms with E-state index in [0.29, 0.717) is 0 Å². The molecule has 0 aromatic rings. The normalized spacial score (nSPS) is 22.5. The van der Waals surface area contributed by atoms with Gasteiger partial charge in [-0.1, -0.05) is 6.92 Å². The Balaban J connectivity index is 0. The summed E-state index contributed by atoms with van der Waals surface area (Å²) in [5.74, 6) is 0.0960. The third-order valence-corrected chi connectivity index (χ3v) is 2.96. The van der Waals surface area contributed by atoms with Gasteiger partial charge in [0.15, 0.2) is 0 Å². The van der Waals surface area contributed by atoms with E-state index in [9.17, 15) is 14.4 Å². The minimum atomic E-state index is -1.14. The zero-order chi connectivity index (χ0) is 12.7. The Kier molecular flexibility index (Phi) is 10.8. The molecular formula is C10H15Cl3O4. The molecule has 1 fully saturated rings. The predicted molar refractivity (Wildman–Crippen MR) is 67.7 cm³/mol. The lowest BCUT2D eigenvalue weighted by molar-refractivity contribution is -0.143. The van der Waals surface area contributed by atoms with E-state index in [1.165, 1.54) is 0 Å². The molecule has 0 aliphatic heterocycles. The molecule has 1 aliphatic rings. The van der Waals surface area contributed by atoms with Gasteiger partial charge in [-0.15, -0.1) is 12.4 Å². The van der Waals surface area contributed by atoms with E-state index in [-0.39, 0.29) is 18.3 Å². The zero-order valence-electron chi connectivity index (χ0n) is 9.32. The fraction of sp³-hybridized carbons (Fsp3) is 0.700. The summed E-state index contributed by atoms with van der Waals surface area (Å²) in [4.78, 5) is 29.3. The summed E-state index contributed by atoms with van der Waals surface area (Å²) in [5.41, 5.74) is 0. The highest BCUT2D eigenvalue weighted by Gasteiger charge is 2.23. The maximum Gasteiger partial charge on any atom is 0.306 e. The number of carboxylic acids is 1. The third-order valence-electron chi connectivity index (χ3n) is 2.52. The molecule has 100 valence electrons. The van der Waals surface area contributed by atoms with Gasteiger partial charge in [0.2, 0.25) is 0 Å². The molecule has 7 heteroatoms. The van der Waals surface area contributed by atoms with Gasteiger partial charge in [-0.05, 0) is 54.8 Å². The van der Waals surface area contributed by atoms with E-state index in [4.69, 9.17) is 5.11 Å². The van der Waals surface area contributed by atoms with Gasteiger partial charge < -0.3 is 5.11 Å². The quantitative estimate of drug-likeness (QED) is 0.629. The molecule has 0 spiro atoms. The van der Waals surface area contributed by atoms with Crippen LogP contribution in [0.3, 0.4) is 0 Å². The van der Waals surface area contributed by atoms with E-state index in [1.807, 2.05) is 0 Å². The van der Waals surface area contributed by atoms with Crippen molar-refractivity contribution in [2.24, 2.45) is 11.8 Å². The number of carbonyl (C=O) groups excluding carboxylic acids is 2. The first-order valence-electron chi connectivity index (χ1n) is 4.96. The molecule has 17 heavy (non-hydrogen) atoms. The van der Waals surface area contributed by atoms with Crippen molar-refractivity contribution < 1.29 is 19.5 Å². The molecule has 0 aromatic carbocycles. The molecule has 0 radical (unpaired) electrons. The van der Waals surface area contributed by atoms with Gasteiger partial charge in [-0.2, -0.15) is 0 Å². The number of rotatable bonds is 2. The Bertz CT molecular complexity index is 261. The summed E-state index contributed by atoms with van der Waals surface area (Å²) in [6.07, 6.45) is 3.96. The van der Waals surface area contributed by atoms with E-state index in [0.717, 1.165) is 31.6 Å². The molecule has 0 bridgehead atoms. The minimum absolute atomic E-state index is 0. The molecule has 4 nitrogen and oxygen atoms in total. The molecule has 1 rings (SSSR count). The summed E-state index contributed by atoms with van der Waals surface area (Å²) in [6.45, 7) is 2.19. The maximum absolute atomic E-state index is 10.5. The lowest BCUT2D eigenvalue weighted by atomic mass is 9.83. The molecule has 0 unspecified atom stereocenters. The first-order chi connectivity index (χ1) is 7.34. The number of carbonyl (C=O) groups is 3. The molecule has 1 N–H and O–H groups in total. The van der Waals surface area contributed by atoms with E-state index in [2.05, 4.69) is 30.1 Å². The summed E-state index contributed by atoms with van der Waals surface area (Å²) in [5, 5.41) is 6.34. The number of carboxylic acid groups (broad SMARTS) is 1. The topological polar surface area (TPSA) is 71.4 Å². The van der Waals surface area contributed by atoms with Crippen LogP contribution in [0, 0.1) is 11.8 Å². The van der Waals surface area contributed by atoms with E-state index >= 15 is 0 Å². The maximum atomic E-state index is 10.5. The molecule has 0 amide bonds. The Morgan fingerprint density at radius 1 is 1.00 bits per heavy atom. The number of aliphatic carboxylic acids is 1. The number of hydrogen-bond acceptors (Lipinski definition) is 3. The fourth-order valence-corrected chi connectivity index (χ4v) is 1.51. The lowest BCUT2D eigenvalue weighted by Crippen LogP contribution is -2.19. The van der Waals surface area contributed by atoms with Gasteiger partial charge in [0.1, 0.15) is 0 Å². The SMILES string of the molecule is C[C@H]1CC[C@H](C(=O)O)CC1.Cl.O=C(Cl)C(=O)Cl. The number of halogens is 3. The predicted octanol–water partition coefficient (Wildman–Crippen LogP) is 2.84. The first-order valence-corrected chi connectivity index (χ1v) is 5.72. The van der Waals surface area contributed by atoms with Gasteiger partial charge in [0, 0.05) is 0 Å². The second-order valence-corrected chi connectivity index (χ2v) is 4.53. The molecular weight excluding hydrogens is 290 g/mol. The first kappa shape index (κ1) is 19.0. The van der Waals surface area contributed by atoms with Crippen molar-refractivity contribution >= 4 is 52.1 Å². The highest BCUT2D eigenvalue weighted by molar-refractivity contribution is 6.97. The third kappa shape index (κ3) is 9.39. The van der Waals surface area contributed by atoms with Crippen LogP contribution in [0.5, 0.6) is 0 Å². The Morgan fingerprint density at radius 3 is 1.59 bits per heavy atom. The molecule has 0 saturated heterocycles. The largest absolute Gasteiger partial charge is 0.481 e. The minimum Gasteiger partial charge on any atom is -0.481 e. The van der Waals surface area contributed by atoms with Crippen LogP contribution in [-0.2, 0) is 14.4 Å². The lowest BCUT2D eigenvalue weighted by Gasteiger charge is -2.22. The van der Waals surface area contributed by atoms with Crippen molar-refractivity contribution in [2.75, 3.05) is 0 Å². The highest BCUT2D eigenvalue weighted by atomic mass is 35.5. The fourth-order valence-electron chi connectivity index (χ4n) is 1.51. The smallest absolute Gasteiger partial charge is 0.306 e. The Labute approximate surface area is 116 Å². The highest BCUT2D eigenvalue weighted by Crippen LogP contribution is 2.27. The van der Waals surface area contributed by atoms with Crippen LogP contribution in [0.25, 0.3) is 0 Å². The van der Waals surface area contributed by atoms with Crippen LogP contribution in [0.2, 0.25) is 0 Å². The standard InChI is InChI=1S/C8H14O2.C2Cl2O2.ClH/c1-6-2-4-7(5-3-6)8(9)10;3-1(5)2(4)6;/h6-7H,2-5H2,1H3,(H,9,10);;1H/t6-,7-;;. The van der Waals surface area contributed by atoms with Gasteiger partial charge in [-0.3, -0.25) is 14.4 Å². The summed E-state index contributed by atoms with van der Waals surface area (Å²) >= 11 is 8.98. The Morgan fingerprint density at radius 2 is 1.35 bits per heavy atom.